The van der Waals surface area contributed by atoms with E-state index in [9.17, 15) is 9.59 Å². The van der Waals surface area contributed by atoms with Gasteiger partial charge in [-0.1, -0.05) is 35.9 Å². The number of rotatable bonds is 2. The molecule has 4 unspecified atom stereocenters. The lowest BCUT2D eigenvalue weighted by Gasteiger charge is -2.60. The second-order valence-electron chi connectivity index (χ2n) is 9.39. The van der Waals surface area contributed by atoms with E-state index >= 15 is 0 Å². The number of hydrogen-bond acceptors (Lipinski definition) is 2. The Hall–Kier alpha value is -0.640. The maximum Gasteiger partial charge on any atom is 0.246 e. The summed E-state index contributed by atoms with van der Waals surface area (Å²) < 4.78 is 0. The highest BCUT2D eigenvalue weighted by Gasteiger charge is 2.61. The number of hydrogen-bond donors (Lipinski definition) is 0. The van der Waals surface area contributed by atoms with Gasteiger partial charge in [0, 0.05) is 24.4 Å². The van der Waals surface area contributed by atoms with Crippen LogP contribution >= 0.6 is 15.9 Å². The molecule has 4 rings (SSSR count). The minimum absolute atomic E-state index is 0.102. The summed E-state index contributed by atoms with van der Waals surface area (Å²) in [6, 6.07) is 0.344. The predicted octanol–water partition coefficient (Wildman–Crippen LogP) is 4.21. The van der Waals surface area contributed by atoms with Crippen LogP contribution in [0.1, 0.15) is 52.4 Å². The number of carbonyl (C=O) groups is 2. The number of likely N-dealkylation sites (N-methyl/N-ethyl adjacent to an activating group) is 1. The maximum absolute atomic E-state index is 12.5. The number of alkyl halides is 1. The Morgan fingerprint density at radius 2 is 1.96 bits per heavy atom. The standard InChI is InChI=1S/C21H30BrNO2/c1-20-10-8-15-13(14(20)5-6-16(20)17(24)12-22)4-7-18-21(15,2)11-9-19(25)23(18)3/h9,11,13-16,18H,4-8,10,12H2,1-3H3/t13?,14?,15?,16-,18?,20+,21-/m1/s1. The second kappa shape index (κ2) is 5.94. The number of fused-ring (bicyclic) bond motifs is 5. The topological polar surface area (TPSA) is 37.4 Å². The Morgan fingerprint density at radius 1 is 1.20 bits per heavy atom. The molecule has 1 amide bonds. The highest BCUT2D eigenvalue weighted by molar-refractivity contribution is 9.09. The van der Waals surface area contributed by atoms with E-state index in [1.54, 1.807) is 6.08 Å². The first-order valence-corrected chi connectivity index (χ1v) is 11.0. The van der Waals surface area contributed by atoms with Gasteiger partial charge in [-0.15, -0.1) is 0 Å². The summed E-state index contributed by atoms with van der Waals surface area (Å²) in [5.74, 6) is 2.84. The number of Topliss-reactive ketones (excluding diaryl/α,β-unsaturated/α-hetero) is 1. The Bertz CT molecular complexity index is 631. The zero-order chi connectivity index (χ0) is 18.0. The van der Waals surface area contributed by atoms with Gasteiger partial charge in [-0.3, -0.25) is 9.59 Å². The smallest absolute Gasteiger partial charge is 0.246 e. The van der Waals surface area contributed by atoms with Crippen molar-refractivity contribution in [2.45, 2.75) is 58.4 Å². The van der Waals surface area contributed by atoms with E-state index in [2.05, 4.69) is 35.9 Å². The van der Waals surface area contributed by atoms with Crippen LogP contribution in [-0.2, 0) is 9.59 Å². The van der Waals surface area contributed by atoms with Gasteiger partial charge in [-0.05, 0) is 67.8 Å². The molecule has 0 aromatic heterocycles. The third-order valence-electron chi connectivity index (χ3n) is 8.65. The van der Waals surface area contributed by atoms with Crippen molar-refractivity contribution >= 4 is 27.6 Å². The van der Waals surface area contributed by atoms with Crippen molar-refractivity contribution in [3.63, 3.8) is 0 Å². The molecule has 3 saturated carbocycles. The molecule has 0 spiro atoms. The number of halogens is 1. The zero-order valence-electron chi connectivity index (χ0n) is 15.6. The van der Waals surface area contributed by atoms with Crippen molar-refractivity contribution in [2.24, 2.45) is 34.5 Å². The predicted molar refractivity (Wildman–Crippen MR) is 102 cm³/mol. The maximum atomic E-state index is 12.5. The first-order valence-electron chi connectivity index (χ1n) is 9.87. The molecule has 0 aromatic rings. The monoisotopic (exact) mass is 407 g/mol. The Morgan fingerprint density at radius 3 is 2.68 bits per heavy atom. The van der Waals surface area contributed by atoms with Crippen molar-refractivity contribution in [1.29, 1.82) is 0 Å². The number of carbonyl (C=O) groups excluding carboxylic acids is 2. The molecule has 1 aliphatic heterocycles. The molecule has 1 heterocycles. The van der Waals surface area contributed by atoms with Crippen LogP contribution < -0.4 is 0 Å². The Kier molecular flexibility index (Phi) is 4.22. The molecule has 7 atom stereocenters. The highest BCUT2D eigenvalue weighted by Crippen LogP contribution is 2.65. The quantitative estimate of drug-likeness (QED) is 0.642. The van der Waals surface area contributed by atoms with E-state index in [1.807, 2.05) is 11.9 Å². The first-order chi connectivity index (χ1) is 11.8. The fourth-order valence-electron chi connectivity index (χ4n) is 7.36. The fraction of sp³-hybridized carbons (Fsp3) is 0.810. The van der Waals surface area contributed by atoms with E-state index in [0.29, 0.717) is 34.9 Å². The summed E-state index contributed by atoms with van der Waals surface area (Å²) in [6.45, 7) is 4.78. The summed E-state index contributed by atoms with van der Waals surface area (Å²) >= 11 is 3.40. The molecule has 0 N–H and O–H groups in total. The molecule has 25 heavy (non-hydrogen) atoms. The van der Waals surface area contributed by atoms with Gasteiger partial charge in [0.05, 0.1) is 5.33 Å². The molecular formula is C21H30BrNO2. The number of ketones is 1. The lowest BCUT2D eigenvalue weighted by molar-refractivity contribution is -0.141. The highest BCUT2D eigenvalue weighted by atomic mass is 79.9. The lowest BCUT2D eigenvalue weighted by Crippen LogP contribution is -2.59. The number of nitrogens with zero attached hydrogens (tertiary/aromatic N) is 1. The molecule has 0 radical (unpaired) electrons. The van der Waals surface area contributed by atoms with Crippen molar-refractivity contribution < 1.29 is 9.59 Å². The molecule has 138 valence electrons. The SMILES string of the molecule is CN1C(=O)C=C[C@]2(C)C3CC[C@@]4(C)C(CC[C@@H]4C(=O)CBr)C3CCC12. The minimum Gasteiger partial charge on any atom is -0.338 e. The lowest BCUT2D eigenvalue weighted by atomic mass is 9.47. The van der Waals surface area contributed by atoms with Gasteiger partial charge in [-0.25, -0.2) is 0 Å². The third-order valence-corrected chi connectivity index (χ3v) is 9.20. The molecular weight excluding hydrogens is 378 g/mol. The zero-order valence-corrected chi connectivity index (χ0v) is 17.2. The van der Waals surface area contributed by atoms with Crippen LogP contribution in [0.3, 0.4) is 0 Å². The molecule has 3 nitrogen and oxygen atoms in total. The van der Waals surface area contributed by atoms with Gasteiger partial charge in [-0.2, -0.15) is 0 Å². The van der Waals surface area contributed by atoms with Gasteiger partial charge in [0.1, 0.15) is 5.78 Å². The second-order valence-corrected chi connectivity index (χ2v) is 9.95. The summed E-state index contributed by atoms with van der Waals surface area (Å²) in [7, 11) is 1.97. The van der Waals surface area contributed by atoms with Gasteiger partial charge < -0.3 is 4.90 Å². The first kappa shape index (κ1) is 17.8. The molecule has 0 bridgehead atoms. The Balaban J connectivity index is 1.65. The fourth-order valence-corrected chi connectivity index (χ4v) is 7.75. The molecule has 3 aliphatic carbocycles. The van der Waals surface area contributed by atoms with Crippen molar-refractivity contribution in [1.82, 2.24) is 4.90 Å². The van der Waals surface area contributed by atoms with Crippen LogP contribution in [0.2, 0.25) is 0 Å². The van der Waals surface area contributed by atoms with E-state index in [-0.39, 0.29) is 22.7 Å². The van der Waals surface area contributed by atoms with E-state index in [4.69, 9.17) is 0 Å². The van der Waals surface area contributed by atoms with Crippen LogP contribution in [0.4, 0.5) is 0 Å². The minimum atomic E-state index is 0.102. The van der Waals surface area contributed by atoms with Crippen LogP contribution in [0.5, 0.6) is 0 Å². The summed E-state index contributed by atoms with van der Waals surface area (Å²) in [5, 5.41) is 0.503. The number of amides is 1. The Labute approximate surface area is 159 Å². The van der Waals surface area contributed by atoms with E-state index in [0.717, 1.165) is 19.3 Å². The molecule has 4 aliphatic rings. The summed E-state index contributed by atoms with van der Waals surface area (Å²) in [6.07, 6.45) is 11.0. The molecule has 0 aromatic carbocycles. The van der Waals surface area contributed by atoms with Gasteiger partial charge >= 0.3 is 0 Å². The molecule has 3 fully saturated rings. The van der Waals surface area contributed by atoms with Crippen LogP contribution in [-0.4, -0.2) is 35.0 Å². The van der Waals surface area contributed by atoms with E-state index in [1.165, 1.54) is 19.3 Å². The normalized spacial score (nSPS) is 48.7. The van der Waals surface area contributed by atoms with Crippen molar-refractivity contribution in [2.75, 3.05) is 12.4 Å². The van der Waals surface area contributed by atoms with Gasteiger partial charge in [0.15, 0.2) is 0 Å². The van der Waals surface area contributed by atoms with Crippen molar-refractivity contribution in [3.05, 3.63) is 12.2 Å². The average molecular weight is 408 g/mol. The molecule has 4 heteroatoms. The summed E-state index contributed by atoms with van der Waals surface area (Å²) in [4.78, 5) is 26.6. The van der Waals surface area contributed by atoms with Crippen LogP contribution in [0, 0.1) is 34.5 Å². The van der Waals surface area contributed by atoms with E-state index < -0.39 is 0 Å². The van der Waals surface area contributed by atoms with Gasteiger partial charge in [0.25, 0.3) is 0 Å². The van der Waals surface area contributed by atoms with Crippen LogP contribution in [0.25, 0.3) is 0 Å². The van der Waals surface area contributed by atoms with Gasteiger partial charge in [0.2, 0.25) is 5.91 Å². The van der Waals surface area contributed by atoms with Crippen molar-refractivity contribution in [3.8, 4) is 0 Å². The largest absolute Gasteiger partial charge is 0.338 e. The average Bonchev–Trinajstić information content (AvgIpc) is 2.95. The van der Waals surface area contributed by atoms with Crippen LogP contribution in [0.15, 0.2) is 12.2 Å². The molecule has 0 saturated heterocycles. The summed E-state index contributed by atoms with van der Waals surface area (Å²) in [5.41, 5.74) is 0.291. The third kappa shape index (κ3) is 2.35.